The average Bonchev–Trinajstić information content (AvgIpc) is 2.59. The number of pyridine rings is 1. The van der Waals surface area contributed by atoms with Gasteiger partial charge in [-0.05, 0) is 22.9 Å². The fourth-order valence-corrected chi connectivity index (χ4v) is 2.07. The number of oxime groups is 1. The summed E-state index contributed by atoms with van der Waals surface area (Å²) < 4.78 is 0. The Bertz CT molecular complexity index is 845. The van der Waals surface area contributed by atoms with Crippen molar-refractivity contribution in [3.8, 4) is 0 Å². The monoisotopic (exact) mass is 292 g/mol. The smallest absolute Gasteiger partial charge is 0.365 e. The Labute approximate surface area is 127 Å². The van der Waals surface area contributed by atoms with E-state index in [0.717, 1.165) is 10.8 Å². The number of aromatic amines is 1. The summed E-state index contributed by atoms with van der Waals surface area (Å²) in [6.07, 6.45) is 3.42. The molecule has 0 fully saturated rings. The SMILES string of the molecule is NC(=NOC(=O)c1ccc2ccccc2c1)c1cc[nH+]cc1. The molecule has 2 aromatic carbocycles. The minimum Gasteiger partial charge on any atom is -0.380 e. The molecule has 0 unspecified atom stereocenters. The number of nitrogens with zero attached hydrogens (tertiary/aromatic N) is 1. The highest BCUT2D eigenvalue weighted by atomic mass is 16.7. The minimum absolute atomic E-state index is 0.142. The number of nitrogens with one attached hydrogen (secondary N) is 1. The molecule has 0 aliphatic rings. The molecule has 3 N–H and O–H groups in total. The fourth-order valence-electron chi connectivity index (χ4n) is 2.07. The lowest BCUT2D eigenvalue weighted by atomic mass is 10.1. The Morgan fingerprint density at radius 2 is 1.68 bits per heavy atom. The third kappa shape index (κ3) is 2.93. The van der Waals surface area contributed by atoms with Crippen molar-refractivity contribution in [3.63, 3.8) is 0 Å². The Kier molecular flexibility index (Phi) is 3.78. The van der Waals surface area contributed by atoms with Crippen molar-refractivity contribution in [2.45, 2.75) is 0 Å². The number of carbonyl (C=O) groups excluding carboxylic acids is 1. The summed E-state index contributed by atoms with van der Waals surface area (Å²) in [4.78, 5) is 19.8. The van der Waals surface area contributed by atoms with E-state index >= 15 is 0 Å². The number of aromatic nitrogens is 1. The maximum Gasteiger partial charge on any atom is 0.365 e. The van der Waals surface area contributed by atoms with Crippen molar-refractivity contribution in [2.24, 2.45) is 10.9 Å². The van der Waals surface area contributed by atoms with Crippen molar-refractivity contribution in [1.29, 1.82) is 0 Å². The van der Waals surface area contributed by atoms with Gasteiger partial charge in [0.25, 0.3) is 0 Å². The van der Waals surface area contributed by atoms with Crippen LogP contribution < -0.4 is 10.7 Å². The summed E-state index contributed by atoms with van der Waals surface area (Å²) in [7, 11) is 0. The van der Waals surface area contributed by atoms with E-state index in [1.54, 1.807) is 36.7 Å². The quantitative estimate of drug-likeness (QED) is 0.347. The van der Waals surface area contributed by atoms with Crippen LogP contribution in [0.1, 0.15) is 15.9 Å². The molecule has 0 aliphatic heterocycles. The van der Waals surface area contributed by atoms with Gasteiger partial charge in [0.1, 0.15) is 0 Å². The van der Waals surface area contributed by atoms with Gasteiger partial charge in [-0.25, -0.2) is 9.78 Å². The summed E-state index contributed by atoms with van der Waals surface area (Å²) in [5, 5.41) is 5.71. The largest absolute Gasteiger partial charge is 0.380 e. The van der Waals surface area contributed by atoms with Crippen LogP contribution in [0.3, 0.4) is 0 Å². The Morgan fingerprint density at radius 3 is 2.45 bits per heavy atom. The summed E-state index contributed by atoms with van der Waals surface area (Å²) in [5.74, 6) is -0.403. The van der Waals surface area contributed by atoms with Crippen LogP contribution in [-0.2, 0) is 4.84 Å². The molecule has 1 heterocycles. The number of amidine groups is 1. The molecular formula is C17H14N3O2+. The second-order valence-corrected chi connectivity index (χ2v) is 4.71. The van der Waals surface area contributed by atoms with Gasteiger partial charge in [0.15, 0.2) is 18.2 Å². The molecule has 5 heteroatoms. The van der Waals surface area contributed by atoms with Gasteiger partial charge >= 0.3 is 5.97 Å². The van der Waals surface area contributed by atoms with Crippen molar-refractivity contribution >= 4 is 22.6 Å². The highest BCUT2D eigenvalue weighted by molar-refractivity contribution is 5.99. The highest BCUT2D eigenvalue weighted by Crippen LogP contribution is 2.16. The van der Waals surface area contributed by atoms with Gasteiger partial charge in [-0.2, -0.15) is 0 Å². The maximum atomic E-state index is 12.0. The first-order chi connectivity index (χ1) is 10.7. The van der Waals surface area contributed by atoms with Gasteiger partial charge in [-0.1, -0.05) is 35.5 Å². The fraction of sp³-hybridized carbons (Fsp3) is 0. The molecule has 0 amide bonds. The van der Waals surface area contributed by atoms with Gasteiger partial charge < -0.3 is 10.6 Å². The van der Waals surface area contributed by atoms with Gasteiger partial charge in [-0.3, -0.25) is 0 Å². The number of hydrogen-bond donors (Lipinski definition) is 1. The first-order valence-corrected chi connectivity index (χ1v) is 6.74. The van der Waals surface area contributed by atoms with Crippen LogP contribution in [-0.4, -0.2) is 11.8 Å². The molecule has 1 aromatic heterocycles. The van der Waals surface area contributed by atoms with Crippen molar-refractivity contribution in [3.05, 3.63) is 78.1 Å². The van der Waals surface area contributed by atoms with Crippen LogP contribution in [0.5, 0.6) is 0 Å². The predicted molar refractivity (Wildman–Crippen MR) is 83.1 cm³/mol. The van der Waals surface area contributed by atoms with E-state index in [2.05, 4.69) is 10.1 Å². The predicted octanol–water partition coefficient (Wildman–Crippen LogP) is 2.13. The van der Waals surface area contributed by atoms with E-state index in [-0.39, 0.29) is 5.84 Å². The second-order valence-electron chi connectivity index (χ2n) is 4.71. The molecule has 0 atom stereocenters. The zero-order valence-corrected chi connectivity index (χ0v) is 11.7. The second kappa shape index (κ2) is 6.05. The van der Waals surface area contributed by atoms with Crippen molar-refractivity contribution < 1.29 is 14.6 Å². The number of hydrogen-bond acceptors (Lipinski definition) is 3. The van der Waals surface area contributed by atoms with E-state index in [4.69, 9.17) is 10.6 Å². The van der Waals surface area contributed by atoms with E-state index < -0.39 is 5.97 Å². The maximum absolute atomic E-state index is 12.0. The van der Waals surface area contributed by atoms with Crippen molar-refractivity contribution in [2.75, 3.05) is 0 Å². The topological polar surface area (TPSA) is 78.8 Å². The zero-order chi connectivity index (χ0) is 15.4. The number of benzene rings is 2. The first-order valence-electron chi connectivity index (χ1n) is 6.74. The van der Waals surface area contributed by atoms with Crippen LogP contribution in [0.2, 0.25) is 0 Å². The minimum atomic E-state index is -0.545. The Balaban J connectivity index is 1.78. The molecule has 0 saturated carbocycles. The number of fused-ring (bicyclic) bond motifs is 1. The van der Waals surface area contributed by atoms with E-state index in [1.165, 1.54) is 0 Å². The molecular weight excluding hydrogens is 278 g/mol. The van der Waals surface area contributed by atoms with Crippen molar-refractivity contribution in [1.82, 2.24) is 0 Å². The molecule has 0 aliphatic carbocycles. The number of carbonyl (C=O) groups is 1. The van der Waals surface area contributed by atoms with Crippen LogP contribution >= 0.6 is 0 Å². The standard InChI is InChI=1S/C17H13N3O2/c18-16(13-7-9-19-10-8-13)20-22-17(21)15-6-5-12-3-1-2-4-14(12)11-15/h1-11H,(H2,18,20)/p+1. The normalized spacial score (nSPS) is 11.4. The summed E-state index contributed by atoms with van der Waals surface area (Å²) >= 11 is 0. The highest BCUT2D eigenvalue weighted by Gasteiger charge is 2.09. The van der Waals surface area contributed by atoms with Gasteiger partial charge in [-0.15, -0.1) is 0 Å². The number of nitrogens with two attached hydrogens (primary N) is 1. The summed E-state index contributed by atoms with van der Waals surface area (Å²) in [5.41, 5.74) is 6.87. The molecule has 3 rings (SSSR count). The average molecular weight is 292 g/mol. The lowest BCUT2D eigenvalue weighted by Gasteiger charge is -2.02. The molecule has 108 valence electrons. The molecule has 0 bridgehead atoms. The molecule has 22 heavy (non-hydrogen) atoms. The lowest BCUT2D eigenvalue weighted by molar-refractivity contribution is -0.378. The lowest BCUT2D eigenvalue weighted by Crippen LogP contribution is -2.16. The molecule has 5 nitrogen and oxygen atoms in total. The number of rotatable bonds is 3. The summed E-state index contributed by atoms with van der Waals surface area (Å²) in [6, 6.07) is 16.6. The molecule has 3 aromatic rings. The zero-order valence-electron chi connectivity index (χ0n) is 11.7. The van der Waals surface area contributed by atoms with Crippen LogP contribution in [0.4, 0.5) is 0 Å². The van der Waals surface area contributed by atoms with Crippen LogP contribution in [0.25, 0.3) is 10.8 Å². The molecule has 0 radical (unpaired) electrons. The third-order valence-electron chi connectivity index (χ3n) is 3.23. The Morgan fingerprint density at radius 1 is 0.955 bits per heavy atom. The molecule has 0 saturated heterocycles. The van der Waals surface area contributed by atoms with Crippen LogP contribution in [0.15, 0.2) is 72.1 Å². The summed E-state index contributed by atoms with van der Waals surface area (Å²) in [6.45, 7) is 0. The van der Waals surface area contributed by atoms with Gasteiger partial charge in [0, 0.05) is 17.7 Å². The van der Waals surface area contributed by atoms with Gasteiger partial charge in [0.05, 0.1) is 5.56 Å². The first kappa shape index (κ1) is 13.8. The third-order valence-corrected chi connectivity index (χ3v) is 3.23. The number of H-pyrrole nitrogens is 1. The van der Waals surface area contributed by atoms with E-state index in [0.29, 0.717) is 11.1 Å². The van der Waals surface area contributed by atoms with E-state index in [9.17, 15) is 4.79 Å². The van der Waals surface area contributed by atoms with Gasteiger partial charge in [0.2, 0.25) is 0 Å². The molecule has 0 spiro atoms. The Hall–Kier alpha value is -3.21. The van der Waals surface area contributed by atoms with Crippen LogP contribution in [0, 0.1) is 0 Å². The van der Waals surface area contributed by atoms with E-state index in [1.807, 2.05) is 30.3 Å².